The maximum Gasteiger partial charge on any atom is 0.194 e. The maximum atomic E-state index is 13.1. The van der Waals surface area contributed by atoms with E-state index in [0.29, 0.717) is 11.3 Å². The van der Waals surface area contributed by atoms with E-state index in [4.69, 9.17) is 12.6 Å². The number of nitrogens with zero attached hydrogens (tertiary/aromatic N) is 1. The highest BCUT2D eigenvalue weighted by atomic mass is 19.2. The summed E-state index contributed by atoms with van der Waals surface area (Å²) in [6.45, 7) is 0. The van der Waals surface area contributed by atoms with E-state index in [0.717, 1.165) is 12.1 Å². The molecule has 0 aliphatic rings. The number of methoxy groups -OCH3 is 1. The quantitative estimate of drug-likeness (QED) is 0.633. The lowest BCUT2D eigenvalue weighted by molar-refractivity contribution is 0.414. The van der Waals surface area contributed by atoms with Crippen molar-refractivity contribution in [3.63, 3.8) is 0 Å². The predicted molar refractivity (Wildman–Crippen MR) is 86.5 cm³/mol. The topological polar surface area (TPSA) is 12.5 Å². The number of halogens is 3. The Kier molecular flexibility index (Phi) is 7.16. The summed E-state index contributed by atoms with van der Waals surface area (Å²) in [5.74, 6) is -4.09. The van der Waals surface area contributed by atoms with Crippen LogP contribution in [0.4, 0.5) is 13.2 Å². The van der Waals surface area contributed by atoms with Crippen molar-refractivity contribution in [2.45, 2.75) is 5.82 Å². The summed E-state index contributed by atoms with van der Waals surface area (Å²) in [5, 5.41) is 0. The molecule has 0 aliphatic heterocycles. The molecule has 1 unspecified atom stereocenters. The van der Waals surface area contributed by atoms with E-state index in [1.165, 1.54) is 7.11 Å². The molecule has 0 amide bonds. The molecule has 23 heavy (non-hydrogen) atoms. The van der Waals surface area contributed by atoms with E-state index in [-0.39, 0.29) is 5.56 Å². The lowest BCUT2D eigenvalue weighted by Gasteiger charge is -2.14. The smallest absolute Gasteiger partial charge is 0.194 e. The van der Waals surface area contributed by atoms with Crippen LogP contribution in [0, 0.1) is 17.5 Å². The van der Waals surface area contributed by atoms with Crippen molar-refractivity contribution in [3.05, 3.63) is 65.0 Å². The van der Waals surface area contributed by atoms with Crippen LogP contribution in [0.3, 0.4) is 0 Å². The number of rotatable bonds is 3. The molecule has 0 bridgehead atoms. The lowest BCUT2D eigenvalue weighted by Crippen LogP contribution is -2.03. The molecular weight excluding hydrogens is 302 g/mol. The second-order valence-electron chi connectivity index (χ2n) is 5.39. The molecule has 0 fully saturated rings. The third kappa shape index (κ3) is 5.64. The Morgan fingerprint density at radius 2 is 1.35 bits per heavy atom. The van der Waals surface area contributed by atoms with Crippen LogP contribution in [-0.2, 0) is 0 Å². The molecule has 6 heteroatoms. The summed E-state index contributed by atoms with van der Waals surface area (Å²) in [4.78, 5) is 2.00. The highest BCUT2D eigenvalue weighted by Crippen LogP contribution is 2.26. The predicted octanol–water partition coefficient (Wildman–Crippen LogP) is 3.55. The van der Waals surface area contributed by atoms with Gasteiger partial charge in [0.2, 0.25) is 0 Å². The SMILES string of the molecule is CN(C)C.[B]C(c1ccc(OC)cc1)c1cc(F)c(F)c(F)c1. The lowest BCUT2D eigenvalue weighted by atomic mass is 9.76. The molecule has 0 heterocycles. The van der Waals surface area contributed by atoms with Crippen molar-refractivity contribution < 1.29 is 17.9 Å². The van der Waals surface area contributed by atoms with Crippen molar-refractivity contribution in [2.75, 3.05) is 28.3 Å². The summed E-state index contributed by atoms with van der Waals surface area (Å²) >= 11 is 0. The Morgan fingerprint density at radius 3 is 1.74 bits per heavy atom. The molecule has 0 N–H and O–H groups in total. The molecule has 2 rings (SSSR count). The van der Waals surface area contributed by atoms with Crippen molar-refractivity contribution in [1.82, 2.24) is 4.90 Å². The van der Waals surface area contributed by atoms with E-state index >= 15 is 0 Å². The Balaban J connectivity index is 0.000000593. The number of benzene rings is 2. The van der Waals surface area contributed by atoms with Gasteiger partial charge in [0.05, 0.1) is 15.0 Å². The molecule has 2 aromatic rings. The van der Waals surface area contributed by atoms with Gasteiger partial charge in [-0.1, -0.05) is 12.1 Å². The van der Waals surface area contributed by atoms with E-state index < -0.39 is 23.3 Å². The Hall–Kier alpha value is -1.95. The van der Waals surface area contributed by atoms with Crippen LogP contribution in [0.2, 0.25) is 0 Å². The first-order chi connectivity index (χ1) is 10.8. The van der Waals surface area contributed by atoms with Gasteiger partial charge < -0.3 is 9.64 Å². The van der Waals surface area contributed by atoms with Crippen molar-refractivity contribution in [2.24, 2.45) is 0 Å². The van der Waals surface area contributed by atoms with Gasteiger partial charge in [-0.3, -0.25) is 0 Å². The van der Waals surface area contributed by atoms with Gasteiger partial charge >= 0.3 is 0 Å². The minimum absolute atomic E-state index is 0.168. The molecule has 0 saturated heterocycles. The second-order valence-corrected chi connectivity index (χ2v) is 5.39. The first-order valence-electron chi connectivity index (χ1n) is 6.91. The van der Waals surface area contributed by atoms with Crippen LogP contribution in [0.5, 0.6) is 5.75 Å². The van der Waals surface area contributed by atoms with Gasteiger partial charge in [0.25, 0.3) is 0 Å². The molecule has 1 atom stereocenters. The third-order valence-corrected chi connectivity index (χ3v) is 2.84. The molecule has 122 valence electrons. The van der Waals surface area contributed by atoms with Gasteiger partial charge in [-0.2, -0.15) is 0 Å². The van der Waals surface area contributed by atoms with Crippen LogP contribution in [0.1, 0.15) is 16.9 Å². The monoisotopic (exact) mass is 321 g/mol. The Bertz CT molecular complexity index is 606. The summed E-state index contributed by atoms with van der Waals surface area (Å²) in [5.41, 5.74) is 0.813. The maximum absolute atomic E-state index is 13.1. The molecular formula is C17H19BF3NO. The Labute approximate surface area is 136 Å². The molecule has 2 radical (unpaired) electrons. The summed E-state index contributed by atoms with van der Waals surface area (Å²) in [6, 6.07) is 8.53. The Morgan fingerprint density at radius 1 is 0.913 bits per heavy atom. The third-order valence-electron chi connectivity index (χ3n) is 2.84. The average Bonchev–Trinajstić information content (AvgIpc) is 2.51. The molecule has 0 saturated carbocycles. The van der Waals surface area contributed by atoms with Crippen LogP contribution in [0.25, 0.3) is 0 Å². The summed E-state index contributed by atoms with van der Waals surface area (Å²) in [6.07, 6.45) is 0. The van der Waals surface area contributed by atoms with Gasteiger partial charge in [0.1, 0.15) is 5.75 Å². The van der Waals surface area contributed by atoms with Crippen LogP contribution in [0.15, 0.2) is 36.4 Å². The van der Waals surface area contributed by atoms with Gasteiger partial charge in [0, 0.05) is 0 Å². The van der Waals surface area contributed by atoms with Crippen molar-refractivity contribution >= 4 is 7.85 Å². The van der Waals surface area contributed by atoms with E-state index in [2.05, 4.69) is 0 Å². The van der Waals surface area contributed by atoms with Crippen molar-refractivity contribution in [1.29, 1.82) is 0 Å². The highest BCUT2D eigenvalue weighted by molar-refractivity contribution is 6.14. The molecule has 0 aromatic heterocycles. The summed E-state index contributed by atoms with van der Waals surface area (Å²) < 4.78 is 44.2. The zero-order valence-electron chi connectivity index (χ0n) is 13.6. The number of ether oxygens (including phenoxy) is 1. The fourth-order valence-electron chi connectivity index (χ4n) is 1.76. The van der Waals surface area contributed by atoms with E-state index in [9.17, 15) is 13.2 Å². The van der Waals surface area contributed by atoms with Gasteiger partial charge in [0.15, 0.2) is 17.5 Å². The van der Waals surface area contributed by atoms with Crippen molar-refractivity contribution in [3.8, 4) is 5.75 Å². The van der Waals surface area contributed by atoms with Crippen LogP contribution < -0.4 is 4.74 Å². The minimum atomic E-state index is -1.49. The summed E-state index contributed by atoms with van der Waals surface area (Å²) in [7, 11) is 13.4. The first kappa shape index (κ1) is 19.1. The molecule has 2 nitrogen and oxygen atoms in total. The largest absolute Gasteiger partial charge is 0.497 e. The standard InChI is InChI=1S/C14H10BF3O.C3H9N/c1-19-10-4-2-8(3-5-10)13(15)9-6-11(16)14(18)12(17)7-9;1-4(2)3/h2-7,13H,1H3;1-3H3. The zero-order chi connectivity index (χ0) is 17.6. The zero-order valence-corrected chi connectivity index (χ0v) is 13.6. The van der Waals surface area contributed by atoms with Crippen LogP contribution in [-0.4, -0.2) is 41.0 Å². The highest BCUT2D eigenvalue weighted by Gasteiger charge is 2.15. The van der Waals surface area contributed by atoms with Gasteiger partial charge in [-0.25, -0.2) is 13.2 Å². The average molecular weight is 321 g/mol. The fraction of sp³-hybridized carbons (Fsp3) is 0.294. The molecule has 0 spiro atoms. The number of hydrogen-bond acceptors (Lipinski definition) is 2. The molecule has 2 aromatic carbocycles. The first-order valence-corrected chi connectivity index (χ1v) is 6.91. The second kappa shape index (κ2) is 8.63. The van der Waals surface area contributed by atoms with E-state index in [1.807, 2.05) is 26.0 Å². The van der Waals surface area contributed by atoms with Crippen LogP contribution >= 0.6 is 0 Å². The molecule has 0 aliphatic carbocycles. The van der Waals surface area contributed by atoms with E-state index in [1.54, 1.807) is 24.3 Å². The number of hydrogen-bond donors (Lipinski definition) is 0. The minimum Gasteiger partial charge on any atom is -0.497 e. The normalized spacial score (nSPS) is 11.7. The van der Waals surface area contributed by atoms with Gasteiger partial charge in [-0.15, -0.1) is 0 Å². The fourth-order valence-corrected chi connectivity index (χ4v) is 1.76. The van der Waals surface area contributed by atoms with Gasteiger partial charge in [-0.05, 0) is 62.4 Å².